The highest BCUT2D eigenvalue weighted by Gasteiger charge is 2.20. The Kier molecular flexibility index (Phi) is 5.01. The van der Waals surface area contributed by atoms with E-state index in [4.69, 9.17) is 11.6 Å². The lowest BCUT2D eigenvalue weighted by molar-refractivity contribution is 0.175. The topological polar surface area (TPSA) is 35.5 Å². The first-order chi connectivity index (χ1) is 8.69. The summed E-state index contributed by atoms with van der Waals surface area (Å²) < 4.78 is 0. The maximum Gasteiger partial charge on any atom is 0.0679 e. The predicted molar refractivity (Wildman–Crippen MR) is 74.9 cm³/mol. The van der Waals surface area contributed by atoms with Crippen LogP contribution in [0.5, 0.6) is 0 Å². The number of likely N-dealkylation sites (tertiary alicyclic amines) is 1. The Morgan fingerprint density at radius 2 is 2.39 bits per heavy atom. The molecule has 1 heterocycles. The van der Waals surface area contributed by atoms with Crippen molar-refractivity contribution in [3.8, 4) is 0 Å². The van der Waals surface area contributed by atoms with Gasteiger partial charge >= 0.3 is 0 Å². The minimum absolute atomic E-state index is 0.135. The molecule has 0 amide bonds. The number of β-amino-alcohol motifs (C(OH)–C–C–N with tert-alkyl or cyclic N) is 1. The molecule has 0 saturated carbocycles. The van der Waals surface area contributed by atoms with Crippen LogP contribution in [0, 0.1) is 0 Å². The summed E-state index contributed by atoms with van der Waals surface area (Å²) in [5.41, 5.74) is 1.23. The second-order valence-corrected chi connectivity index (χ2v) is 5.36. The first-order valence-electron chi connectivity index (χ1n) is 6.52. The van der Waals surface area contributed by atoms with E-state index >= 15 is 0 Å². The molecule has 3 nitrogen and oxygen atoms in total. The van der Waals surface area contributed by atoms with Gasteiger partial charge in [-0.2, -0.15) is 0 Å². The number of aliphatic hydroxyl groups is 1. The second-order valence-electron chi connectivity index (χ2n) is 4.93. The highest BCUT2D eigenvalue weighted by Crippen LogP contribution is 2.21. The van der Waals surface area contributed by atoms with Gasteiger partial charge < -0.3 is 15.3 Å². The van der Waals surface area contributed by atoms with Crippen molar-refractivity contribution in [3.05, 3.63) is 34.9 Å². The summed E-state index contributed by atoms with van der Waals surface area (Å²) in [5.74, 6) is 0. The zero-order valence-corrected chi connectivity index (χ0v) is 11.5. The SMILES string of the molecule is CNC(CCN1CCC(O)C1)c1cccc(Cl)c1. The molecule has 0 aliphatic carbocycles. The van der Waals surface area contributed by atoms with Gasteiger partial charge in [-0.25, -0.2) is 0 Å². The molecule has 100 valence electrons. The minimum Gasteiger partial charge on any atom is -0.392 e. The van der Waals surface area contributed by atoms with E-state index in [-0.39, 0.29) is 6.10 Å². The number of nitrogens with one attached hydrogen (secondary N) is 1. The second kappa shape index (κ2) is 6.53. The first-order valence-corrected chi connectivity index (χ1v) is 6.90. The molecule has 2 atom stereocenters. The number of hydrogen-bond donors (Lipinski definition) is 2. The molecule has 2 N–H and O–H groups in total. The molecule has 0 spiro atoms. The molecule has 0 radical (unpaired) electrons. The fourth-order valence-corrected chi connectivity index (χ4v) is 2.73. The zero-order chi connectivity index (χ0) is 13.0. The van der Waals surface area contributed by atoms with Gasteiger partial charge in [-0.05, 0) is 37.6 Å². The summed E-state index contributed by atoms with van der Waals surface area (Å²) in [7, 11) is 1.98. The summed E-state index contributed by atoms with van der Waals surface area (Å²) in [5, 5.41) is 13.6. The summed E-state index contributed by atoms with van der Waals surface area (Å²) in [6, 6.07) is 8.32. The molecular formula is C14H21ClN2O. The van der Waals surface area contributed by atoms with Crippen molar-refractivity contribution in [2.24, 2.45) is 0 Å². The van der Waals surface area contributed by atoms with Crippen molar-refractivity contribution >= 4 is 11.6 Å². The summed E-state index contributed by atoms with van der Waals surface area (Å²) >= 11 is 6.02. The lowest BCUT2D eigenvalue weighted by Crippen LogP contribution is -2.27. The molecule has 0 bridgehead atoms. The van der Waals surface area contributed by atoms with Gasteiger partial charge in [0.2, 0.25) is 0 Å². The zero-order valence-electron chi connectivity index (χ0n) is 10.8. The number of benzene rings is 1. The van der Waals surface area contributed by atoms with Gasteiger partial charge in [0.1, 0.15) is 0 Å². The molecule has 2 unspecified atom stereocenters. The van der Waals surface area contributed by atoms with E-state index in [9.17, 15) is 5.11 Å². The van der Waals surface area contributed by atoms with E-state index in [2.05, 4.69) is 16.3 Å². The van der Waals surface area contributed by atoms with Crippen molar-refractivity contribution < 1.29 is 5.11 Å². The van der Waals surface area contributed by atoms with Gasteiger partial charge in [0.15, 0.2) is 0 Å². The van der Waals surface area contributed by atoms with Crippen LogP contribution in [0.1, 0.15) is 24.4 Å². The molecule has 1 aliphatic rings. The van der Waals surface area contributed by atoms with E-state index < -0.39 is 0 Å². The average Bonchev–Trinajstić information content (AvgIpc) is 2.76. The molecule has 2 rings (SSSR count). The molecule has 1 fully saturated rings. The molecule has 1 saturated heterocycles. The van der Waals surface area contributed by atoms with Crippen LogP contribution < -0.4 is 5.32 Å². The van der Waals surface area contributed by atoms with Crippen LogP contribution in [0.15, 0.2) is 24.3 Å². The Bertz CT molecular complexity index is 386. The molecule has 1 aromatic rings. The van der Waals surface area contributed by atoms with Crippen molar-refractivity contribution in [2.45, 2.75) is 25.0 Å². The normalized spacial score (nSPS) is 22.3. The lowest BCUT2D eigenvalue weighted by atomic mass is 10.0. The third-order valence-corrected chi connectivity index (χ3v) is 3.82. The monoisotopic (exact) mass is 268 g/mol. The molecule has 18 heavy (non-hydrogen) atoms. The molecule has 1 aliphatic heterocycles. The van der Waals surface area contributed by atoms with Crippen molar-refractivity contribution in [1.29, 1.82) is 0 Å². The first kappa shape index (κ1) is 13.8. The Morgan fingerprint density at radius 1 is 1.56 bits per heavy atom. The smallest absolute Gasteiger partial charge is 0.0679 e. The highest BCUT2D eigenvalue weighted by molar-refractivity contribution is 6.30. The number of halogens is 1. The number of nitrogens with zero attached hydrogens (tertiary/aromatic N) is 1. The summed E-state index contributed by atoms with van der Waals surface area (Å²) in [6.45, 7) is 2.83. The Balaban J connectivity index is 1.89. The van der Waals surface area contributed by atoms with Gasteiger partial charge in [-0.1, -0.05) is 23.7 Å². The van der Waals surface area contributed by atoms with Gasteiger partial charge in [-0.15, -0.1) is 0 Å². The van der Waals surface area contributed by atoms with Gasteiger partial charge in [-0.3, -0.25) is 0 Å². The highest BCUT2D eigenvalue weighted by atomic mass is 35.5. The van der Waals surface area contributed by atoms with Crippen LogP contribution in [0.2, 0.25) is 5.02 Å². The van der Waals surface area contributed by atoms with E-state index in [1.807, 2.05) is 25.2 Å². The van der Waals surface area contributed by atoms with Crippen LogP contribution in [-0.2, 0) is 0 Å². The largest absolute Gasteiger partial charge is 0.392 e. The predicted octanol–water partition coefficient (Wildman–Crippen LogP) is 2.06. The maximum atomic E-state index is 9.50. The van der Waals surface area contributed by atoms with Crippen LogP contribution in [0.3, 0.4) is 0 Å². The van der Waals surface area contributed by atoms with Gasteiger partial charge in [0.25, 0.3) is 0 Å². The number of aliphatic hydroxyl groups excluding tert-OH is 1. The van der Waals surface area contributed by atoms with Gasteiger partial charge in [0.05, 0.1) is 6.10 Å². The Morgan fingerprint density at radius 3 is 3.00 bits per heavy atom. The fourth-order valence-electron chi connectivity index (χ4n) is 2.53. The van der Waals surface area contributed by atoms with Crippen LogP contribution in [0.25, 0.3) is 0 Å². The third-order valence-electron chi connectivity index (χ3n) is 3.58. The van der Waals surface area contributed by atoms with E-state index in [0.29, 0.717) is 6.04 Å². The third kappa shape index (κ3) is 3.69. The van der Waals surface area contributed by atoms with Crippen LogP contribution in [0.4, 0.5) is 0 Å². The molecular weight excluding hydrogens is 248 g/mol. The average molecular weight is 269 g/mol. The minimum atomic E-state index is -0.135. The molecule has 0 aromatic heterocycles. The van der Waals surface area contributed by atoms with Crippen molar-refractivity contribution in [2.75, 3.05) is 26.7 Å². The van der Waals surface area contributed by atoms with E-state index in [0.717, 1.165) is 37.5 Å². The maximum absolute atomic E-state index is 9.50. The molecule has 4 heteroatoms. The van der Waals surface area contributed by atoms with Crippen molar-refractivity contribution in [1.82, 2.24) is 10.2 Å². The van der Waals surface area contributed by atoms with E-state index in [1.165, 1.54) is 5.56 Å². The van der Waals surface area contributed by atoms with Gasteiger partial charge in [0, 0.05) is 30.7 Å². The van der Waals surface area contributed by atoms with Crippen LogP contribution in [-0.4, -0.2) is 42.8 Å². The standard InChI is InChI=1S/C14H21ClN2O/c1-16-14(11-3-2-4-12(15)9-11)6-8-17-7-5-13(18)10-17/h2-4,9,13-14,16,18H,5-8,10H2,1H3. The lowest BCUT2D eigenvalue weighted by Gasteiger charge is -2.21. The summed E-state index contributed by atoms with van der Waals surface area (Å²) in [6.07, 6.45) is 1.80. The number of hydrogen-bond acceptors (Lipinski definition) is 3. The van der Waals surface area contributed by atoms with Crippen molar-refractivity contribution in [3.63, 3.8) is 0 Å². The van der Waals surface area contributed by atoms with E-state index in [1.54, 1.807) is 0 Å². The van der Waals surface area contributed by atoms with Crippen LogP contribution >= 0.6 is 11.6 Å². The fraction of sp³-hybridized carbons (Fsp3) is 0.571. The number of rotatable bonds is 5. The quantitative estimate of drug-likeness (QED) is 0.858. The Hall–Kier alpha value is -0.610. The summed E-state index contributed by atoms with van der Waals surface area (Å²) in [4.78, 5) is 2.32. The molecule has 1 aromatic carbocycles. The Labute approximate surface area is 114 Å².